The first-order valence-corrected chi connectivity index (χ1v) is 9.97. The lowest BCUT2D eigenvalue weighted by Gasteiger charge is -2.18. The molecule has 5 heteroatoms. The van der Waals surface area contributed by atoms with E-state index in [-0.39, 0.29) is 6.03 Å². The van der Waals surface area contributed by atoms with Crippen molar-refractivity contribution in [3.05, 3.63) is 89.0 Å². The Hall–Kier alpha value is -3.41. The third-order valence-corrected chi connectivity index (χ3v) is 5.51. The fourth-order valence-corrected chi connectivity index (χ4v) is 3.61. The van der Waals surface area contributed by atoms with Crippen molar-refractivity contribution in [3.63, 3.8) is 0 Å². The highest BCUT2D eigenvalue weighted by molar-refractivity contribution is 5.95. The Labute approximate surface area is 177 Å². The van der Waals surface area contributed by atoms with Crippen molar-refractivity contribution >= 4 is 23.9 Å². The molecule has 152 valence electrons. The molecule has 1 saturated heterocycles. The van der Waals surface area contributed by atoms with Gasteiger partial charge in [-0.25, -0.2) is 14.8 Å². The summed E-state index contributed by atoms with van der Waals surface area (Å²) >= 11 is 0. The second-order valence-corrected chi connectivity index (χ2v) is 7.54. The van der Waals surface area contributed by atoms with Crippen molar-refractivity contribution < 1.29 is 4.79 Å². The van der Waals surface area contributed by atoms with Crippen LogP contribution in [0.1, 0.15) is 22.3 Å². The smallest absolute Gasteiger partial charge is 0.245 e. The van der Waals surface area contributed by atoms with Gasteiger partial charge in [-0.15, -0.1) is 10.7 Å². The Morgan fingerprint density at radius 1 is 0.800 bits per heavy atom. The molecule has 1 N–H and O–H groups in total. The van der Waals surface area contributed by atoms with E-state index in [1.807, 2.05) is 18.2 Å². The lowest BCUT2D eigenvalue weighted by molar-refractivity contribution is 0.0652. The minimum Gasteiger partial charge on any atom is -0.245 e. The molecule has 0 spiro atoms. The number of hydrogen-bond donors (Lipinski definition) is 1. The van der Waals surface area contributed by atoms with Crippen molar-refractivity contribution in [3.8, 4) is 11.1 Å². The Morgan fingerprint density at radius 3 is 2.23 bits per heavy atom. The highest BCUT2D eigenvalue weighted by atomic mass is 16.2. The molecule has 30 heavy (non-hydrogen) atoms. The predicted molar refractivity (Wildman–Crippen MR) is 123 cm³/mol. The summed E-state index contributed by atoms with van der Waals surface area (Å²) in [5, 5.41) is 4.75. The van der Waals surface area contributed by atoms with Crippen LogP contribution in [0, 0.1) is 13.8 Å². The van der Waals surface area contributed by atoms with Crippen LogP contribution in [0.3, 0.4) is 0 Å². The van der Waals surface area contributed by atoms with Crippen LogP contribution < -0.4 is 10.5 Å². The van der Waals surface area contributed by atoms with E-state index in [2.05, 4.69) is 80.1 Å². The molecule has 1 fully saturated rings. The number of urea groups is 1. The number of amides is 2. The van der Waals surface area contributed by atoms with E-state index in [0.717, 1.165) is 22.4 Å². The topological polar surface area (TPSA) is 38.8 Å². The average Bonchev–Trinajstić information content (AvgIpc) is 3.01. The van der Waals surface area contributed by atoms with Gasteiger partial charge in [-0.05, 0) is 47.7 Å². The SMILES string of the molecule is Cc1cc(-c2ccccc2)ccc1/C=C/c1c(C)cccc1N1NN(C)N(C)C1=O. The maximum atomic E-state index is 12.6. The summed E-state index contributed by atoms with van der Waals surface area (Å²) in [5.41, 5.74) is 10.8. The summed E-state index contributed by atoms with van der Waals surface area (Å²) in [6.45, 7) is 4.18. The lowest BCUT2D eigenvalue weighted by Crippen LogP contribution is -2.39. The number of nitrogens with one attached hydrogen (secondary N) is 1. The molecule has 3 aromatic rings. The maximum Gasteiger partial charge on any atom is 0.355 e. The van der Waals surface area contributed by atoms with Crippen LogP contribution in [0.15, 0.2) is 66.7 Å². The first-order valence-electron chi connectivity index (χ1n) is 9.97. The van der Waals surface area contributed by atoms with Gasteiger partial charge in [-0.1, -0.05) is 72.8 Å². The highest BCUT2D eigenvalue weighted by Crippen LogP contribution is 2.29. The van der Waals surface area contributed by atoms with Gasteiger partial charge in [0.15, 0.2) is 0 Å². The van der Waals surface area contributed by atoms with Gasteiger partial charge in [-0.3, -0.25) is 0 Å². The van der Waals surface area contributed by atoms with Crippen LogP contribution in [0.5, 0.6) is 0 Å². The number of anilines is 1. The number of hydrazine groups is 3. The van der Waals surface area contributed by atoms with Crippen LogP contribution in [0.2, 0.25) is 0 Å². The van der Waals surface area contributed by atoms with Gasteiger partial charge in [0, 0.05) is 19.7 Å². The number of benzene rings is 3. The summed E-state index contributed by atoms with van der Waals surface area (Å²) < 4.78 is 0. The average molecular weight is 399 g/mol. The zero-order valence-electron chi connectivity index (χ0n) is 17.8. The van der Waals surface area contributed by atoms with Gasteiger partial charge in [0.25, 0.3) is 0 Å². The van der Waals surface area contributed by atoms with Crippen LogP contribution in [-0.4, -0.2) is 30.3 Å². The van der Waals surface area contributed by atoms with Crippen molar-refractivity contribution in [2.75, 3.05) is 19.1 Å². The predicted octanol–water partition coefficient (Wildman–Crippen LogP) is 5.28. The van der Waals surface area contributed by atoms with Gasteiger partial charge < -0.3 is 0 Å². The summed E-state index contributed by atoms with van der Waals surface area (Å²) in [6, 6.07) is 22.8. The second kappa shape index (κ2) is 8.14. The summed E-state index contributed by atoms with van der Waals surface area (Å²) in [4.78, 5) is 12.6. The van der Waals surface area contributed by atoms with Gasteiger partial charge in [0.05, 0.1) is 5.69 Å². The van der Waals surface area contributed by atoms with Gasteiger partial charge >= 0.3 is 6.03 Å². The number of carbonyl (C=O) groups is 1. The van der Waals surface area contributed by atoms with Crippen LogP contribution >= 0.6 is 0 Å². The highest BCUT2D eigenvalue weighted by Gasteiger charge is 2.32. The van der Waals surface area contributed by atoms with E-state index in [1.165, 1.54) is 21.7 Å². The van der Waals surface area contributed by atoms with Crippen molar-refractivity contribution in [2.45, 2.75) is 13.8 Å². The molecule has 0 aromatic heterocycles. The minimum absolute atomic E-state index is 0.124. The van der Waals surface area contributed by atoms with E-state index < -0.39 is 0 Å². The van der Waals surface area contributed by atoms with E-state index in [0.29, 0.717) is 0 Å². The molecule has 0 bridgehead atoms. The van der Waals surface area contributed by atoms with Crippen molar-refractivity contribution in [1.29, 1.82) is 0 Å². The molecule has 5 nitrogen and oxygen atoms in total. The summed E-state index contributed by atoms with van der Waals surface area (Å²) in [6.07, 6.45) is 4.20. The second-order valence-electron chi connectivity index (χ2n) is 7.54. The molecule has 0 unspecified atom stereocenters. The maximum absolute atomic E-state index is 12.6. The number of hydrogen-bond acceptors (Lipinski definition) is 3. The molecule has 0 saturated carbocycles. The first-order chi connectivity index (χ1) is 14.5. The molecular formula is C25H26N4O. The molecule has 3 aromatic carbocycles. The Morgan fingerprint density at radius 2 is 1.57 bits per heavy atom. The summed E-state index contributed by atoms with van der Waals surface area (Å²) in [5.74, 6) is 0. The van der Waals surface area contributed by atoms with Crippen LogP contribution in [-0.2, 0) is 0 Å². The quantitative estimate of drug-likeness (QED) is 0.608. The molecule has 2 amide bonds. The fourth-order valence-electron chi connectivity index (χ4n) is 3.61. The molecule has 0 aliphatic carbocycles. The van der Waals surface area contributed by atoms with Crippen molar-refractivity contribution in [1.82, 2.24) is 15.7 Å². The number of nitrogens with zero attached hydrogens (tertiary/aromatic N) is 3. The molecular weight excluding hydrogens is 372 g/mol. The Kier molecular flexibility index (Phi) is 5.40. The minimum atomic E-state index is -0.124. The molecule has 0 radical (unpaired) electrons. The third kappa shape index (κ3) is 3.73. The monoisotopic (exact) mass is 398 g/mol. The molecule has 4 rings (SSSR count). The number of carbonyl (C=O) groups excluding carboxylic acids is 1. The molecule has 0 atom stereocenters. The molecule has 1 aliphatic rings. The van der Waals surface area contributed by atoms with E-state index in [1.54, 1.807) is 24.2 Å². The van der Waals surface area contributed by atoms with E-state index >= 15 is 0 Å². The van der Waals surface area contributed by atoms with Gasteiger partial charge in [0.2, 0.25) is 0 Å². The Balaban J connectivity index is 1.66. The normalized spacial score (nSPS) is 14.9. The molecule has 1 heterocycles. The van der Waals surface area contributed by atoms with E-state index in [9.17, 15) is 4.79 Å². The zero-order valence-corrected chi connectivity index (χ0v) is 17.8. The van der Waals surface area contributed by atoms with Crippen LogP contribution in [0.25, 0.3) is 23.3 Å². The number of aryl methyl sites for hydroxylation is 2. The summed E-state index contributed by atoms with van der Waals surface area (Å²) in [7, 11) is 3.54. The largest absolute Gasteiger partial charge is 0.355 e. The van der Waals surface area contributed by atoms with Crippen molar-refractivity contribution in [2.24, 2.45) is 0 Å². The zero-order chi connectivity index (χ0) is 21.3. The molecule has 1 aliphatic heterocycles. The number of rotatable bonds is 4. The first kappa shape index (κ1) is 19.9. The van der Waals surface area contributed by atoms with Gasteiger partial charge in [-0.2, -0.15) is 0 Å². The van der Waals surface area contributed by atoms with Gasteiger partial charge in [0.1, 0.15) is 0 Å². The van der Waals surface area contributed by atoms with E-state index in [4.69, 9.17) is 0 Å². The lowest BCUT2D eigenvalue weighted by atomic mass is 9.98. The standard InChI is InChI=1S/C25H26N4O/c1-18-9-8-12-24(29-25(30)27(3)28(4)26-29)23(18)16-15-20-13-14-22(17-19(20)2)21-10-6-5-7-11-21/h5-17,26H,1-4H3/b16-15+. The third-order valence-electron chi connectivity index (χ3n) is 5.51. The Bertz CT molecular complexity index is 1110. The van der Waals surface area contributed by atoms with Crippen LogP contribution in [0.4, 0.5) is 10.5 Å². The fraction of sp³-hybridized carbons (Fsp3) is 0.160.